The number of aliphatic hydroxyl groups excluding tert-OH is 1. The number of amides is 1. The molecule has 1 unspecified atom stereocenters. The van der Waals surface area contributed by atoms with E-state index in [0.29, 0.717) is 30.9 Å². The standard InChI is InChI=1S/C21H27N3O3.2ClH/c1-16-7-8-17(22)13-20(16)21(26)24-11-9-23(10-12-24)14-18(25)15-27-19-5-3-2-4-6-19;;/h2-8,13,18,25H,9-12,14-15,22H2,1H3;2*1H. The van der Waals surface area contributed by atoms with Crippen molar-refractivity contribution in [3.8, 4) is 5.75 Å². The average Bonchev–Trinajstić information content (AvgIpc) is 2.69. The van der Waals surface area contributed by atoms with E-state index < -0.39 is 6.10 Å². The van der Waals surface area contributed by atoms with Crippen LogP contribution in [0.1, 0.15) is 15.9 Å². The van der Waals surface area contributed by atoms with Crippen molar-refractivity contribution in [1.29, 1.82) is 0 Å². The second-order valence-electron chi connectivity index (χ2n) is 6.95. The van der Waals surface area contributed by atoms with E-state index in [1.807, 2.05) is 54.3 Å². The Morgan fingerprint density at radius 2 is 1.76 bits per heavy atom. The van der Waals surface area contributed by atoms with Crippen molar-refractivity contribution < 1.29 is 14.6 Å². The summed E-state index contributed by atoms with van der Waals surface area (Å²) in [5.41, 5.74) is 8.03. The van der Waals surface area contributed by atoms with E-state index >= 15 is 0 Å². The number of anilines is 1. The Morgan fingerprint density at radius 3 is 2.41 bits per heavy atom. The molecular formula is C21H29Cl2N3O3. The minimum Gasteiger partial charge on any atom is -0.491 e. The first-order chi connectivity index (χ1) is 13.0. The molecule has 1 heterocycles. The summed E-state index contributed by atoms with van der Waals surface area (Å²) in [6, 6.07) is 14.9. The predicted molar refractivity (Wildman–Crippen MR) is 120 cm³/mol. The maximum atomic E-state index is 12.7. The number of nitrogens with two attached hydrogens (primary N) is 1. The molecule has 0 saturated carbocycles. The Kier molecular flexibility index (Phi) is 10.3. The van der Waals surface area contributed by atoms with Gasteiger partial charge in [0.25, 0.3) is 5.91 Å². The maximum Gasteiger partial charge on any atom is 0.254 e. The summed E-state index contributed by atoms with van der Waals surface area (Å²) in [7, 11) is 0. The van der Waals surface area contributed by atoms with Gasteiger partial charge < -0.3 is 20.5 Å². The third kappa shape index (κ3) is 7.08. The van der Waals surface area contributed by atoms with Gasteiger partial charge >= 0.3 is 0 Å². The largest absolute Gasteiger partial charge is 0.491 e. The number of hydrogen-bond donors (Lipinski definition) is 2. The van der Waals surface area contributed by atoms with E-state index in [4.69, 9.17) is 10.5 Å². The first kappa shape index (κ1) is 25.0. The van der Waals surface area contributed by atoms with Gasteiger partial charge in [0.1, 0.15) is 18.5 Å². The van der Waals surface area contributed by atoms with E-state index in [2.05, 4.69) is 4.90 Å². The molecule has 0 aromatic heterocycles. The Labute approximate surface area is 184 Å². The molecule has 3 rings (SSSR count). The van der Waals surface area contributed by atoms with Crippen LogP contribution in [0.25, 0.3) is 0 Å². The highest BCUT2D eigenvalue weighted by molar-refractivity contribution is 5.96. The summed E-state index contributed by atoms with van der Waals surface area (Å²) in [5.74, 6) is 0.775. The lowest BCUT2D eigenvalue weighted by Gasteiger charge is -2.35. The van der Waals surface area contributed by atoms with E-state index in [1.165, 1.54) is 0 Å². The summed E-state index contributed by atoms with van der Waals surface area (Å²) < 4.78 is 5.60. The number of para-hydroxylation sites is 1. The highest BCUT2D eigenvalue weighted by Gasteiger charge is 2.24. The van der Waals surface area contributed by atoms with Crippen LogP contribution < -0.4 is 10.5 Å². The van der Waals surface area contributed by atoms with Gasteiger partial charge in [0, 0.05) is 44.0 Å². The van der Waals surface area contributed by atoms with Crippen LogP contribution in [0.15, 0.2) is 48.5 Å². The van der Waals surface area contributed by atoms with Gasteiger partial charge in [-0.1, -0.05) is 24.3 Å². The van der Waals surface area contributed by atoms with Gasteiger partial charge in [-0.2, -0.15) is 0 Å². The molecule has 6 nitrogen and oxygen atoms in total. The van der Waals surface area contributed by atoms with Crippen molar-refractivity contribution in [2.45, 2.75) is 13.0 Å². The van der Waals surface area contributed by atoms with Crippen LogP contribution in [0.2, 0.25) is 0 Å². The van der Waals surface area contributed by atoms with Gasteiger partial charge in [0.05, 0.1) is 0 Å². The molecule has 8 heteroatoms. The molecule has 1 saturated heterocycles. The lowest BCUT2D eigenvalue weighted by atomic mass is 10.1. The number of carbonyl (C=O) groups excluding carboxylic acids is 1. The third-order valence-electron chi connectivity index (χ3n) is 4.81. The number of piperazine rings is 1. The van der Waals surface area contributed by atoms with Crippen LogP contribution in [0.5, 0.6) is 5.75 Å². The van der Waals surface area contributed by atoms with Crippen molar-refractivity contribution in [3.05, 3.63) is 59.7 Å². The molecule has 0 aliphatic carbocycles. The zero-order valence-electron chi connectivity index (χ0n) is 16.5. The number of nitrogen functional groups attached to an aromatic ring is 1. The zero-order valence-corrected chi connectivity index (χ0v) is 18.1. The lowest BCUT2D eigenvalue weighted by molar-refractivity contribution is 0.0403. The molecule has 29 heavy (non-hydrogen) atoms. The SMILES string of the molecule is Cc1ccc(N)cc1C(=O)N1CCN(CC(O)COc2ccccc2)CC1.Cl.Cl. The minimum absolute atomic E-state index is 0. The first-order valence-corrected chi connectivity index (χ1v) is 9.26. The Hall–Kier alpha value is -1.99. The second kappa shape index (κ2) is 11.9. The highest BCUT2D eigenvalue weighted by Crippen LogP contribution is 2.16. The fourth-order valence-electron chi connectivity index (χ4n) is 3.23. The number of carbonyl (C=O) groups is 1. The number of β-amino-alcohol motifs (C(OH)–C–C–N with tert-alkyl or cyclic N) is 1. The van der Waals surface area contributed by atoms with Gasteiger partial charge in [-0.3, -0.25) is 9.69 Å². The van der Waals surface area contributed by atoms with E-state index in [9.17, 15) is 9.90 Å². The van der Waals surface area contributed by atoms with Crippen LogP contribution in [0, 0.1) is 6.92 Å². The topological polar surface area (TPSA) is 79.0 Å². The number of rotatable bonds is 6. The van der Waals surface area contributed by atoms with Crippen molar-refractivity contribution in [2.24, 2.45) is 0 Å². The fraction of sp³-hybridized carbons (Fsp3) is 0.381. The number of nitrogens with zero attached hydrogens (tertiary/aromatic N) is 2. The summed E-state index contributed by atoms with van der Waals surface area (Å²) in [4.78, 5) is 16.8. The van der Waals surface area contributed by atoms with Crippen LogP contribution in [-0.4, -0.2) is 66.2 Å². The molecule has 0 spiro atoms. The molecule has 0 radical (unpaired) electrons. The van der Waals surface area contributed by atoms with Gasteiger partial charge in [-0.15, -0.1) is 24.8 Å². The second-order valence-corrected chi connectivity index (χ2v) is 6.95. The molecular weight excluding hydrogens is 413 g/mol. The molecule has 3 N–H and O–H groups in total. The predicted octanol–water partition coefficient (Wildman–Crippen LogP) is 2.62. The molecule has 1 aliphatic rings. The molecule has 160 valence electrons. The summed E-state index contributed by atoms with van der Waals surface area (Å²) in [5, 5.41) is 10.2. The van der Waals surface area contributed by atoms with E-state index in [1.54, 1.807) is 6.07 Å². The number of hydrogen-bond acceptors (Lipinski definition) is 5. The summed E-state index contributed by atoms with van der Waals surface area (Å²) >= 11 is 0. The molecule has 1 aliphatic heterocycles. The van der Waals surface area contributed by atoms with Crippen LogP contribution in [0.4, 0.5) is 5.69 Å². The highest BCUT2D eigenvalue weighted by atomic mass is 35.5. The van der Waals surface area contributed by atoms with E-state index in [0.717, 1.165) is 24.4 Å². The summed E-state index contributed by atoms with van der Waals surface area (Å²) in [6.45, 7) is 5.45. The van der Waals surface area contributed by atoms with Gasteiger partial charge in [-0.05, 0) is 36.8 Å². The zero-order chi connectivity index (χ0) is 19.2. The minimum atomic E-state index is -0.566. The molecule has 1 amide bonds. The molecule has 1 fully saturated rings. The van der Waals surface area contributed by atoms with Gasteiger partial charge in [-0.25, -0.2) is 0 Å². The molecule has 1 atom stereocenters. The number of ether oxygens (including phenoxy) is 1. The Bertz CT molecular complexity index is 769. The number of aliphatic hydroxyl groups is 1. The molecule has 0 bridgehead atoms. The maximum absolute atomic E-state index is 12.7. The third-order valence-corrected chi connectivity index (χ3v) is 4.81. The molecule has 2 aromatic carbocycles. The van der Waals surface area contributed by atoms with Crippen molar-refractivity contribution in [3.63, 3.8) is 0 Å². The van der Waals surface area contributed by atoms with Crippen molar-refractivity contribution in [1.82, 2.24) is 9.80 Å². The smallest absolute Gasteiger partial charge is 0.254 e. The average molecular weight is 442 g/mol. The number of aryl methyl sites for hydroxylation is 1. The monoisotopic (exact) mass is 441 g/mol. The fourth-order valence-corrected chi connectivity index (χ4v) is 3.23. The number of benzene rings is 2. The summed E-state index contributed by atoms with van der Waals surface area (Å²) in [6.07, 6.45) is -0.566. The van der Waals surface area contributed by atoms with Crippen molar-refractivity contribution >= 4 is 36.4 Å². The van der Waals surface area contributed by atoms with E-state index in [-0.39, 0.29) is 37.3 Å². The van der Waals surface area contributed by atoms with Gasteiger partial charge in [0.15, 0.2) is 0 Å². The van der Waals surface area contributed by atoms with Crippen LogP contribution >= 0.6 is 24.8 Å². The Morgan fingerprint density at radius 1 is 1.10 bits per heavy atom. The Balaban J connectivity index is 0.00000210. The van der Waals surface area contributed by atoms with Gasteiger partial charge in [0.2, 0.25) is 0 Å². The quantitative estimate of drug-likeness (QED) is 0.673. The van der Waals surface area contributed by atoms with Crippen LogP contribution in [-0.2, 0) is 0 Å². The molecule has 2 aromatic rings. The first-order valence-electron chi connectivity index (χ1n) is 9.26. The van der Waals surface area contributed by atoms with Crippen molar-refractivity contribution in [2.75, 3.05) is 45.1 Å². The number of halogens is 2. The van der Waals surface area contributed by atoms with Crippen LogP contribution in [0.3, 0.4) is 0 Å². The lowest BCUT2D eigenvalue weighted by Crippen LogP contribution is -2.51. The normalized spacial score (nSPS) is 15.0.